The van der Waals surface area contributed by atoms with Crippen LogP contribution in [0.15, 0.2) is 53.1 Å². The molecular weight excluding hydrogens is 399 g/mol. The summed E-state index contributed by atoms with van der Waals surface area (Å²) in [5.74, 6) is 0.396. The first-order chi connectivity index (χ1) is 14.3. The van der Waals surface area contributed by atoms with E-state index in [1.54, 1.807) is 4.90 Å². The molecule has 0 radical (unpaired) electrons. The van der Waals surface area contributed by atoms with E-state index in [-0.39, 0.29) is 24.2 Å². The van der Waals surface area contributed by atoms with Gasteiger partial charge < -0.3 is 14.2 Å². The molecule has 30 heavy (non-hydrogen) atoms. The molecule has 156 valence electrons. The molecule has 0 aliphatic carbocycles. The number of hydrogen-bond donors (Lipinski definition) is 0. The second kappa shape index (κ2) is 7.81. The van der Waals surface area contributed by atoms with E-state index in [4.69, 9.17) is 4.52 Å². The molecule has 9 heteroatoms. The standard InChI is InChI=1S/C21H18F3N3O3/c1-13-2-6-15(7-3-13)19-25-20(30-26-19)17-10-11-18(28)27(17)12-14-4-8-16(9-5-14)29-21(22,23)24/h2-9,17H,10-12H2,1H3. The van der Waals surface area contributed by atoms with Crippen LogP contribution >= 0.6 is 0 Å². The van der Waals surface area contributed by atoms with Crippen LogP contribution in [0.5, 0.6) is 5.75 Å². The highest BCUT2D eigenvalue weighted by Gasteiger charge is 2.36. The monoisotopic (exact) mass is 417 g/mol. The van der Waals surface area contributed by atoms with E-state index in [1.165, 1.54) is 24.3 Å². The van der Waals surface area contributed by atoms with Crippen molar-refractivity contribution in [2.45, 2.75) is 38.7 Å². The summed E-state index contributed by atoms with van der Waals surface area (Å²) in [6.45, 7) is 2.20. The molecule has 0 bridgehead atoms. The molecule has 0 N–H and O–H groups in total. The maximum Gasteiger partial charge on any atom is 0.573 e. The zero-order valence-corrected chi connectivity index (χ0v) is 16.0. The van der Waals surface area contributed by atoms with Crippen LogP contribution in [0.1, 0.15) is 35.9 Å². The zero-order chi connectivity index (χ0) is 21.3. The first kappa shape index (κ1) is 19.9. The van der Waals surface area contributed by atoms with Crippen molar-refractivity contribution in [3.8, 4) is 17.1 Å². The Bertz CT molecular complexity index is 1030. The van der Waals surface area contributed by atoms with Crippen molar-refractivity contribution in [3.63, 3.8) is 0 Å². The van der Waals surface area contributed by atoms with Gasteiger partial charge in [0.2, 0.25) is 17.6 Å². The number of rotatable bonds is 5. The highest BCUT2D eigenvalue weighted by Crippen LogP contribution is 2.34. The Morgan fingerprint density at radius 3 is 2.50 bits per heavy atom. The van der Waals surface area contributed by atoms with Crippen LogP contribution in [0.3, 0.4) is 0 Å². The van der Waals surface area contributed by atoms with E-state index in [0.717, 1.165) is 11.1 Å². The summed E-state index contributed by atoms with van der Waals surface area (Å²) in [5, 5.41) is 4.03. The molecule has 4 rings (SSSR count). The van der Waals surface area contributed by atoms with Gasteiger partial charge in [0.1, 0.15) is 11.8 Å². The minimum absolute atomic E-state index is 0.0781. The average molecular weight is 417 g/mol. The van der Waals surface area contributed by atoms with E-state index >= 15 is 0 Å². The van der Waals surface area contributed by atoms with Crippen molar-refractivity contribution >= 4 is 5.91 Å². The van der Waals surface area contributed by atoms with Crippen LogP contribution < -0.4 is 4.74 Å². The topological polar surface area (TPSA) is 68.5 Å². The summed E-state index contributed by atoms with van der Waals surface area (Å²) in [6, 6.07) is 12.7. The molecule has 1 atom stereocenters. The fourth-order valence-electron chi connectivity index (χ4n) is 3.37. The highest BCUT2D eigenvalue weighted by atomic mass is 19.4. The molecule has 3 aromatic rings. The normalized spacial score (nSPS) is 16.9. The highest BCUT2D eigenvalue weighted by molar-refractivity contribution is 5.78. The van der Waals surface area contributed by atoms with Crippen LogP contribution in [0.2, 0.25) is 0 Å². The van der Waals surface area contributed by atoms with Crippen molar-refractivity contribution in [2.75, 3.05) is 0 Å². The number of likely N-dealkylation sites (tertiary alicyclic amines) is 1. The number of amides is 1. The van der Waals surface area contributed by atoms with Gasteiger partial charge in [-0.3, -0.25) is 4.79 Å². The SMILES string of the molecule is Cc1ccc(-c2noc(C3CCC(=O)N3Cc3ccc(OC(F)(F)F)cc3)n2)cc1. The summed E-state index contributed by atoms with van der Waals surface area (Å²) in [7, 11) is 0. The predicted molar refractivity (Wildman–Crippen MR) is 100 cm³/mol. The summed E-state index contributed by atoms with van der Waals surface area (Å²) < 4.78 is 46.2. The molecule has 1 aliphatic heterocycles. The molecule has 1 unspecified atom stereocenters. The fraction of sp³-hybridized carbons (Fsp3) is 0.286. The van der Waals surface area contributed by atoms with Gasteiger partial charge in [-0.1, -0.05) is 47.1 Å². The Morgan fingerprint density at radius 1 is 1.13 bits per heavy atom. The number of hydrogen-bond acceptors (Lipinski definition) is 5. The molecule has 0 saturated carbocycles. The van der Waals surface area contributed by atoms with E-state index < -0.39 is 6.36 Å². The Kier molecular flexibility index (Phi) is 5.19. The van der Waals surface area contributed by atoms with E-state index in [1.807, 2.05) is 31.2 Å². The van der Waals surface area contributed by atoms with Gasteiger partial charge in [-0.25, -0.2) is 0 Å². The van der Waals surface area contributed by atoms with Gasteiger partial charge in [0.25, 0.3) is 0 Å². The van der Waals surface area contributed by atoms with E-state index in [9.17, 15) is 18.0 Å². The molecule has 1 saturated heterocycles. The zero-order valence-electron chi connectivity index (χ0n) is 16.0. The number of nitrogens with zero attached hydrogens (tertiary/aromatic N) is 3. The number of ether oxygens (including phenoxy) is 1. The van der Waals surface area contributed by atoms with Gasteiger partial charge in [-0.2, -0.15) is 4.98 Å². The molecule has 2 aromatic carbocycles. The smallest absolute Gasteiger partial charge is 0.406 e. The second-order valence-corrected chi connectivity index (χ2v) is 7.09. The van der Waals surface area contributed by atoms with Gasteiger partial charge in [-0.15, -0.1) is 13.2 Å². The van der Waals surface area contributed by atoms with Crippen LogP contribution in [0.25, 0.3) is 11.4 Å². The molecule has 1 aromatic heterocycles. The maximum absolute atomic E-state index is 12.4. The lowest BCUT2D eigenvalue weighted by atomic mass is 10.1. The third-order valence-electron chi connectivity index (χ3n) is 4.87. The van der Waals surface area contributed by atoms with Crippen LogP contribution in [-0.4, -0.2) is 27.3 Å². The first-order valence-corrected chi connectivity index (χ1v) is 9.33. The Balaban J connectivity index is 1.50. The Labute approximate surface area is 170 Å². The first-order valence-electron chi connectivity index (χ1n) is 9.33. The summed E-state index contributed by atoms with van der Waals surface area (Å²) in [6.07, 6.45) is -3.88. The number of carbonyl (C=O) groups excluding carboxylic acids is 1. The number of aromatic nitrogens is 2. The quantitative estimate of drug-likeness (QED) is 0.596. The lowest BCUT2D eigenvalue weighted by Crippen LogP contribution is -2.27. The molecule has 1 aliphatic rings. The predicted octanol–water partition coefficient (Wildman–Crippen LogP) is 4.81. The Morgan fingerprint density at radius 2 is 1.83 bits per heavy atom. The van der Waals surface area contributed by atoms with Crippen molar-refractivity contribution in [1.29, 1.82) is 0 Å². The number of aryl methyl sites for hydroxylation is 1. The van der Waals surface area contributed by atoms with E-state index in [0.29, 0.717) is 30.1 Å². The average Bonchev–Trinajstić information content (AvgIpc) is 3.30. The van der Waals surface area contributed by atoms with Gasteiger partial charge in [0.15, 0.2) is 0 Å². The minimum Gasteiger partial charge on any atom is -0.406 e. The Hall–Kier alpha value is -3.36. The maximum atomic E-state index is 12.4. The van der Waals surface area contributed by atoms with Crippen LogP contribution in [-0.2, 0) is 11.3 Å². The summed E-state index contributed by atoms with van der Waals surface area (Å²) >= 11 is 0. The molecule has 0 spiro atoms. The number of alkyl halides is 3. The largest absolute Gasteiger partial charge is 0.573 e. The third-order valence-corrected chi connectivity index (χ3v) is 4.87. The minimum atomic E-state index is -4.75. The van der Waals surface area contributed by atoms with Crippen molar-refractivity contribution in [3.05, 3.63) is 65.5 Å². The molecule has 1 fully saturated rings. The van der Waals surface area contributed by atoms with Gasteiger partial charge in [0, 0.05) is 18.5 Å². The second-order valence-electron chi connectivity index (χ2n) is 7.09. The summed E-state index contributed by atoms with van der Waals surface area (Å²) in [4.78, 5) is 18.5. The van der Waals surface area contributed by atoms with Crippen molar-refractivity contribution < 1.29 is 27.2 Å². The molecule has 6 nitrogen and oxygen atoms in total. The fourth-order valence-corrected chi connectivity index (χ4v) is 3.37. The van der Waals surface area contributed by atoms with Crippen molar-refractivity contribution in [1.82, 2.24) is 15.0 Å². The lowest BCUT2D eigenvalue weighted by molar-refractivity contribution is -0.274. The number of benzene rings is 2. The van der Waals surface area contributed by atoms with Crippen molar-refractivity contribution in [2.24, 2.45) is 0 Å². The number of carbonyl (C=O) groups is 1. The van der Waals surface area contributed by atoms with Gasteiger partial charge >= 0.3 is 6.36 Å². The molecular formula is C21H18F3N3O3. The lowest BCUT2D eigenvalue weighted by Gasteiger charge is -2.22. The molecule has 2 heterocycles. The van der Waals surface area contributed by atoms with Crippen LogP contribution in [0, 0.1) is 6.92 Å². The molecule has 1 amide bonds. The van der Waals surface area contributed by atoms with Crippen LogP contribution in [0.4, 0.5) is 13.2 Å². The number of halogens is 3. The van der Waals surface area contributed by atoms with E-state index in [2.05, 4.69) is 14.9 Å². The van der Waals surface area contributed by atoms with Gasteiger partial charge in [-0.05, 0) is 31.0 Å². The summed E-state index contributed by atoms with van der Waals surface area (Å²) in [5.41, 5.74) is 2.59. The van der Waals surface area contributed by atoms with Gasteiger partial charge in [0.05, 0.1) is 0 Å². The third kappa shape index (κ3) is 4.45.